The van der Waals surface area contributed by atoms with Crippen molar-refractivity contribution in [3.63, 3.8) is 0 Å². The first-order valence-electron chi connectivity index (χ1n) is 12.4. The van der Waals surface area contributed by atoms with Gasteiger partial charge in [-0.25, -0.2) is 0 Å². The van der Waals surface area contributed by atoms with Crippen LogP contribution in [-0.2, 0) is 16.1 Å². The van der Waals surface area contributed by atoms with E-state index >= 15 is 0 Å². The number of rotatable bonds is 10. The zero-order valence-electron chi connectivity index (χ0n) is 20.8. The van der Waals surface area contributed by atoms with Gasteiger partial charge in [0, 0.05) is 12.6 Å². The molecule has 1 N–H and O–H groups in total. The Hall–Kier alpha value is -2.34. The molecule has 2 aromatic rings. The summed E-state index contributed by atoms with van der Waals surface area (Å²) in [6.45, 7) is 8.50. The van der Waals surface area contributed by atoms with Crippen LogP contribution in [0.15, 0.2) is 46.9 Å². The highest BCUT2D eigenvalue weighted by atomic mass is 79.9. The molecule has 1 fully saturated rings. The second-order valence-electron chi connectivity index (χ2n) is 9.56. The Balaban J connectivity index is 1.77. The Morgan fingerprint density at radius 3 is 2.50 bits per heavy atom. The number of nitrogens with zero attached hydrogens (tertiary/aromatic N) is 1. The Bertz CT molecular complexity index is 985. The standard InChI is InChI=1S/C28H37BrN2O3/c1-5-25(28(33)30-23-11-6-7-12-23)31(17-21-10-8-9-20(4)15-21)27(32)18-34-26-14-13-22(19(2)3)16-24(26)29/h8-10,13-16,19,23,25H,5-7,11-12,17-18H2,1-4H3,(H,30,33)/t25-/m0/s1. The molecule has 34 heavy (non-hydrogen) atoms. The fraction of sp³-hybridized carbons (Fsp3) is 0.500. The summed E-state index contributed by atoms with van der Waals surface area (Å²) in [5.41, 5.74) is 3.32. The topological polar surface area (TPSA) is 58.6 Å². The van der Waals surface area contributed by atoms with Gasteiger partial charge in [-0.05, 0) is 71.3 Å². The van der Waals surface area contributed by atoms with Crippen molar-refractivity contribution in [2.45, 2.75) is 84.3 Å². The number of aryl methyl sites for hydroxylation is 1. The average Bonchev–Trinajstić information content (AvgIpc) is 3.30. The molecule has 2 aromatic carbocycles. The van der Waals surface area contributed by atoms with Crippen molar-refractivity contribution in [1.82, 2.24) is 10.2 Å². The lowest BCUT2D eigenvalue weighted by atomic mass is 10.0. The van der Waals surface area contributed by atoms with E-state index in [1.54, 1.807) is 4.90 Å². The van der Waals surface area contributed by atoms with Gasteiger partial charge in [0.25, 0.3) is 5.91 Å². The van der Waals surface area contributed by atoms with Crippen LogP contribution in [0.5, 0.6) is 5.75 Å². The van der Waals surface area contributed by atoms with Crippen molar-refractivity contribution in [2.75, 3.05) is 6.61 Å². The molecule has 0 unspecified atom stereocenters. The number of amides is 2. The SMILES string of the molecule is CC[C@@H](C(=O)NC1CCCC1)N(Cc1cccc(C)c1)C(=O)COc1ccc(C(C)C)cc1Br. The third kappa shape index (κ3) is 7.08. The number of halogens is 1. The normalized spacial score (nSPS) is 14.8. The summed E-state index contributed by atoms with van der Waals surface area (Å²) in [6.07, 6.45) is 4.86. The van der Waals surface area contributed by atoms with Crippen molar-refractivity contribution < 1.29 is 14.3 Å². The first kappa shape index (κ1) is 26.3. The highest BCUT2D eigenvalue weighted by Crippen LogP contribution is 2.29. The summed E-state index contributed by atoms with van der Waals surface area (Å²) in [7, 11) is 0. The molecular formula is C28H37BrN2O3. The molecule has 0 spiro atoms. The lowest BCUT2D eigenvalue weighted by Crippen LogP contribution is -2.52. The predicted molar refractivity (Wildman–Crippen MR) is 140 cm³/mol. The molecule has 0 saturated heterocycles. The van der Waals surface area contributed by atoms with Gasteiger partial charge in [-0.2, -0.15) is 0 Å². The number of ether oxygens (including phenoxy) is 1. The minimum atomic E-state index is -0.538. The maximum Gasteiger partial charge on any atom is 0.261 e. The number of hydrogen-bond donors (Lipinski definition) is 1. The summed E-state index contributed by atoms with van der Waals surface area (Å²) in [5.74, 6) is 0.754. The molecule has 6 heteroatoms. The van der Waals surface area contributed by atoms with E-state index in [0.717, 1.165) is 41.3 Å². The average molecular weight is 530 g/mol. The van der Waals surface area contributed by atoms with Gasteiger partial charge < -0.3 is 15.0 Å². The van der Waals surface area contributed by atoms with Crippen LogP contribution in [0.3, 0.4) is 0 Å². The molecule has 0 radical (unpaired) electrons. The lowest BCUT2D eigenvalue weighted by Gasteiger charge is -2.31. The number of hydrogen-bond acceptors (Lipinski definition) is 3. The molecule has 5 nitrogen and oxygen atoms in total. The fourth-order valence-corrected chi connectivity index (χ4v) is 5.02. The Kier molecular flexibility index (Phi) is 9.57. The van der Waals surface area contributed by atoms with E-state index in [1.807, 2.05) is 50.2 Å². The van der Waals surface area contributed by atoms with E-state index in [1.165, 1.54) is 5.56 Å². The summed E-state index contributed by atoms with van der Waals surface area (Å²) >= 11 is 3.57. The number of benzene rings is 2. The van der Waals surface area contributed by atoms with E-state index in [0.29, 0.717) is 24.6 Å². The second kappa shape index (κ2) is 12.4. The predicted octanol–water partition coefficient (Wildman–Crippen LogP) is 6.13. The van der Waals surface area contributed by atoms with Crippen LogP contribution in [0.1, 0.15) is 75.5 Å². The van der Waals surface area contributed by atoms with E-state index < -0.39 is 6.04 Å². The van der Waals surface area contributed by atoms with Crippen LogP contribution in [0, 0.1) is 6.92 Å². The molecule has 1 saturated carbocycles. The zero-order chi connectivity index (χ0) is 24.7. The largest absolute Gasteiger partial charge is 0.483 e. The van der Waals surface area contributed by atoms with Crippen LogP contribution >= 0.6 is 15.9 Å². The first-order chi connectivity index (χ1) is 16.3. The second-order valence-corrected chi connectivity index (χ2v) is 10.4. The Morgan fingerprint density at radius 2 is 1.88 bits per heavy atom. The maximum atomic E-state index is 13.4. The summed E-state index contributed by atoms with van der Waals surface area (Å²) in [4.78, 5) is 28.3. The molecule has 0 aromatic heterocycles. The number of carbonyl (C=O) groups excluding carboxylic acids is 2. The summed E-state index contributed by atoms with van der Waals surface area (Å²) < 4.78 is 6.74. The van der Waals surface area contributed by atoms with Crippen LogP contribution in [0.4, 0.5) is 0 Å². The quantitative estimate of drug-likeness (QED) is 0.403. The monoisotopic (exact) mass is 528 g/mol. The van der Waals surface area contributed by atoms with Gasteiger partial charge in [0.15, 0.2) is 6.61 Å². The first-order valence-corrected chi connectivity index (χ1v) is 13.2. The molecule has 0 bridgehead atoms. The van der Waals surface area contributed by atoms with E-state index in [-0.39, 0.29) is 24.5 Å². The molecule has 1 atom stereocenters. The lowest BCUT2D eigenvalue weighted by molar-refractivity contribution is -0.143. The van der Waals surface area contributed by atoms with E-state index in [9.17, 15) is 9.59 Å². The maximum absolute atomic E-state index is 13.4. The van der Waals surface area contributed by atoms with E-state index in [4.69, 9.17) is 4.74 Å². The molecule has 184 valence electrons. The molecule has 0 heterocycles. The van der Waals surface area contributed by atoms with Crippen LogP contribution < -0.4 is 10.1 Å². The summed E-state index contributed by atoms with van der Waals surface area (Å²) in [5, 5.41) is 3.18. The van der Waals surface area contributed by atoms with Gasteiger partial charge in [0.05, 0.1) is 4.47 Å². The van der Waals surface area contributed by atoms with Crippen molar-refractivity contribution in [1.29, 1.82) is 0 Å². The Morgan fingerprint density at radius 1 is 1.15 bits per heavy atom. The van der Waals surface area contributed by atoms with Crippen molar-refractivity contribution in [3.8, 4) is 5.75 Å². The molecule has 2 amide bonds. The van der Waals surface area contributed by atoms with Crippen molar-refractivity contribution >= 4 is 27.7 Å². The van der Waals surface area contributed by atoms with Crippen LogP contribution in [0.25, 0.3) is 0 Å². The van der Waals surface area contributed by atoms with Gasteiger partial charge >= 0.3 is 0 Å². The van der Waals surface area contributed by atoms with Gasteiger partial charge in [0.1, 0.15) is 11.8 Å². The van der Waals surface area contributed by atoms with Crippen LogP contribution in [0.2, 0.25) is 0 Å². The van der Waals surface area contributed by atoms with Gasteiger partial charge in [0.2, 0.25) is 5.91 Å². The van der Waals surface area contributed by atoms with Crippen molar-refractivity contribution in [2.24, 2.45) is 0 Å². The molecule has 0 aliphatic heterocycles. The highest BCUT2D eigenvalue weighted by Gasteiger charge is 2.31. The summed E-state index contributed by atoms with van der Waals surface area (Å²) in [6, 6.07) is 13.7. The third-order valence-corrected chi connectivity index (χ3v) is 7.12. The third-order valence-electron chi connectivity index (χ3n) is 6.50. The van der Waals surface area contributed by atoms with Gasteiger partial charge in [-0.3, -0.25) is 9.59 Å². The zero-order valence-corrected chi connectivity index (χ0v) is 22.4. The molecule has 3 rings (SSSR count). The Labute approximate surface area is 212 Å². The van der Waals surface area contributed by atoms with Gasteiger partial charge in [-0.15, -0.1) is 0 Å². The van der Waals surface area contributed by atoms with Gasteiger partial charge in [-0.1, -0.05) is 69.5 Å². The smallest absolute Gasteiger partial charge is 0.261 e. The number of carbonyl (C=O) groups is 2. The number of nitrogens with one attached hydrogen (secondary N) is 1. The minimum Gasteiger partial charge on any atom is -0.483 e. The highest BCUT2D eigenvalue weighted by molar-refractivity contribution is 9.10. The fourth-order valence-electron chi connectivity index (χ4n) is 4.51. The molecular weight excluding hydrogens is 492 g/mol. The molecule has 1 aliphatic carbocycles. The van der Waals surface area contributed by atoms with E-state index in [2.05, 4.69) is 41.2 Å². The molecule has 1 aliphatic rings. The van der Waals surface area contributed by atoms with Crippen LogP contribution in [-0.4, -0.2) is 35.4 Å². The van der Waals surface area contributed by atoms with Crippen molar-refractivity contribution in [3.05, 3.63) is 63.6 Å². The minimum absolute atomic E-state index is 0.0714.